The monoisotopic (exact) mass is 553 g/mol. The van der Waals surface area contributed by atoms with E-state index in [1.165, 1.54) is 14.2 Å². The maximum atomic E-state index is 13.8. The summed E-state index contributed by atoms with van der Waals surface area (Å²) in [4.78, 5) is 54.6. The summed E-state index contributed by atoms with van der Waals surface area (Å²) in [5, 5.41) is 9.71. The molecule has 4 rings (SSSR count). The zero-order valence-electron chi connectivity index (χ0n) is 24.2. The van der Waals surface area contributed by atoms with Crippen molar-refractivity contribution in [2.45, 2.75) is 70.6 Å². The van der Waals surface area contributed by atoms with Gasteiger partial charge in [0.1, 0.15) is 0 Å². The van der Waals surface area contributed by atoms with Crippen LogP contribution in [0.2, 0.25) is 0 Å². The van der Waals surface area contributed by atoms with E-state index in [1.807, 2.05) is 13.0 Å². The van der Waals surface area contributed by atoms with Crippen molar-refractivity contribution in [3.63, 3.8) is 0 Å². The predicted molar refractivity (Wildman–Crippen MR) is 150 cm³/mol. The number of hydrogen-bond acceptors (Lipinski definition) is 10. The minimum Gasteiger partial charge on any atom is -0.494 e. The van der Waals surface area contributed by atoms with E-state index in [0.717, 1.165) is 23.1 Å². The number of rotatable bonds is 8. The molecule has 216 valence electrons. The zero-order valence-corrected chi connectivity index (χ0v) is 24.2. The Morgan fingerprint density at radius 2 is 1.93 bits per heavy atom. The number of nitrogens with two attached hydrogens (primary N) is 1. The van der Waals surface area contributed by atoms with Crippen molar-refractivity contribution in [3.05, 3.63) is 50.1 Å². The van der Waals surface area contributed by atoms with Crippen LogP contribution in [-0.2, 0) is 19.1 Å². The van der Waals surface area contributed by atoms with Crippen LogP contribution < -0.4 is 21.1 Å². The minimum absolute atomic E-state index is 0.0221. The summed E-state index contributed by atoms with van der Waals surface area (Å²) in [5.41, 5.74) is 9.58. The van der Waals surface area contributed by atoms with Crippen molar-refractivity contribution < 1.29 is 23.9 Å². The van der Waals surface area contributed by atoms with Crippen LogP contribution in [0.3, 0.4) is 0 Å². The molecule has 1 aromatic rings. The molecule has 0 saturated carbocycles. The number of ether oxygens (including phenoxy) is 2. The van der Waals surface area contributed by atoms with Crippen molar-refractivity contribution in [1.82, 2.24) is 15.5 Å². The first-order valence-corrected chi connectivity index (χ1v) is 13.6. The number of carbonyl (C=O) groups excluding carboxylic acids is 3. The standard InChI is InChI=1S/C29H39N5O6/c1-8-16-12-34-19(23(31-5)22-17(16)9-13(2)27(39-6)24(22)33-38)10-18-21(20(34)11-32-29(37)15(4)30)26(36)28(40-7)14(3)25(18)35/h9,15-16,19-20,23,31H,8,10-12,30H2,1-7H3,(H,32,37). The van der Waals surface area contributed by atoms with Crippen LogP contribution in [0.5, 0.6) is 5.75 Å². The number of nitroso groups, excluding NO2 is 1. The molecule has 40 heavy (non-hydrogen) atoms. The number of ketones is 2. The van der Waals surface area contributed by atoms with Crippen LogP contribution in [0.15, 0.2) is 33.7 Å². The summed E-state index contributed by atoms with van der Waals surface area (Å²) in [6.45, 7) is 7.74. The largest absolute Gasteiger partial charge is 0.494 e. The summed E-state index contributed by atoms with van der Waals surface area (Å²) in [6, 6.07) is -0.0821. The number of carbonyl (C=O) groups is 3. The highest BCUT2D eigenvalue weighted by Crippen LogP contribution is 2.50. The fourth-order valence-electron chi connectivity index (χ4n) is 6.62. The van der Waals surface area contributed by atoms with E-state index in [9.17, 15) is 19.3 Å². The van der Waals surface area contributed by atoms with Gasteiger partial charge in [-0.2, -0.15) is 0 Å². The van der Waals surface area contributed by atoms with Crippen molar-refractivity contribution in [1.29, 1.82) is 0 Å². The number of likely N-dealkylation sites (N-methyl/N-ethyl adjacent to an activating group) is 1. The highest BCUT2D eigenvalue weighted by atomic mass is 16.5. The molecule has 5 unspecified atom stereocenters. The molecule has 0 bridgehead atoms. The summed E-state index contributed by atoms with van der Waals surface area (Å²) in [5.74, 6) is -0.549. The Labute approximate surface area is 234 Å². The first kappa shape index (κ1) is 29.6. The predicted octanol–water partition coefficient (Wildman–Crippen LogP) is 2.44. The molecule has 1 aromatic carbocycles. The van der Waals surface area contributed by atoms with Crippen LogP contribution in [0.4, 0.5) is 5.69 Å². The molecular formula is C29H39N5O6. The first-order valence-electron chi connectivity index (χ1n) is 13.6. The van der Waals surface area contributed by atoms with Gasteiger partial charge in [-0.15, -0.1) is 4.91 Å². The molecule has 11 nitrogen and oxygen atoms in total. The number of aryl methyl sites for hydroxylation is 1. The maximum Gasteiger partial charge on any atom is 0.236 e. The fourth-order valence-corrected chi connectivity index (χ4v) is 6.62. The lowest BCUT2D eigenvalue weighted by molar-refractivity contribution is -0.123. The maximum absolute atomic E-state index is 13.8. The number of fused-ring (bicyclic) bond motifs is 2. The van der Waals surface area contributed by atoms with Gasteiger partial charge >= 0.3 is 0 Å². The smallest absolute Gasteiger partial charge is 0.236 e. The Bertz CT molecular complexity index is 1320. The third kappa shape index (κ3) is 4.65. The van der Waals surface area contributed by atoms with Crippen molar-refractivity contribution in [2.24, 2.45) is 10.9 Å². The Balaban J connectivity index is 1.96. The van der Waals surface area contributed by atoms with Gasteiger partial charge in [-0.3, -0.25) is 19.3 Å². The van der Waals surface area contributed by atoms with E-state index in [1.54, 1.807) is 20.9 Å². The van der Waals surface area contributed by atoms with Gasteiger partial charge in [0.05, 0.1) is 32.3 Å². The number of methoxy groups -OCH3 is 2. The normalized spacial score (nSPS) is 25.5. The van der Waals surface area contributed by atoms with E-state index >= 15 is 0 Å². The molecule has 4 N–H and O–H groups in total. The second-order valence-corrected chi connectivity index (χ2v) is 10.8. The van der Waals surface area contributed by atoms with Crippen LogP contribution >= 0.6 is 0 Å². The fraction of sp³-hybridized carbons (Fsp3) is 0.552. The van der Waals surface area contributed by atoms with E-state index in [-0.39, 0.29) is 59.4 Å². The third-order valence-corrected chi connectivity index (χ3v) is 8.57. The van der Waals surface area contributed by atoms with Gasteiger partial charge in [-0.25, -0.2) is 0 Å². The first-order chi connectivity index (χ1) is 19.1. The zero-order chi connectivity index (χ0) is 29.5. The highest BCUT2D eigenvalue weighted by molar-refractivity contribution is 6.25. The number of nitrogens with one attached hydrogen (secondary N) is 2. The molecule has 1 amide bonds. The molecule has 11 heteroatoms. The number of Topliss-reactive ketones (excluding diaryl/α,β-unsaturated/α-hetero) is 2. The van der Waals surface area contributed by atoms with Crippen molar-refractivity contribution >= 4 is 23.2 Å². The molecular weight excluding hydrogens is 514 g/mol. The Hall–Kier alpha value is -3.41. The SMILES string of the molecule is CCC1CN2C(CNC(=O)C(C)N)C3=C(CC2C(NC)c2c1cc(C)c(OC)c2N=O)C(=O)C(C)=C(OC)C3=O. The molecule has 2 aliphatic heterocycles. The Kier molecular flexibility index (Phi) is 8.57. The molecule has 0 spiro atoms. The van der Waals surface area contributed by atoms with Crippen molar-refractivity contribution in [3.8, 4) is 5.75 Å². The summed E-state index contributed by atoms with van der Waals surface area (Å²) in [7, 11) is 4.70. The Morgan fingerprint density at radius 1 is 1.23 bits per heavy atom. The molecule has 1 aliphatic carbocycles. The average Bonchev–Trinajstić information content (AvgIpc) is 3.07. The average molecular weight is 554 g/mol. The van der Waals surface area contributed by atoms with Gasteiger partial charge in [0.15, 0.2) is 23.0 Å². The van der Waals surface area contributed by atoms with Crippen LogP contribution in [-0.4, -0.2) is 74.9 Å². The minimum atomic E-state index is -0.744. The summed E-state index contributed by atoms with van der Waals surface area (Å²) in [6.07, 6.45) is 1.01. The second kappa shape index (κ2) is 11.6. The highest BCUT2D eigenvalue weighted by Gasteiger charge is 2.50. The number of amides is 1. The van der Waals surface area contributed by atoms with Crippen LogP contribution in [0, 0.1) is 11.8 Å². The number of benzene rings is 1. The molecule has 0 saturated heterocycles. The molecule has 0 aromatic heterocycles. The topological polar surface area (TPSA) is 152 Å². The summed E-state index contributed by atoms with van der Waals surface area (Å²) < 4.78 is 11.0. The van der Waals surface area contributed by atoms with Gasteiger partial charge in [0, 0.05) is 41.4 Å². The van der Waals surface area contributed by atoms with Crippen LogP contribution in [0.1, 0.15) is 62.3 Å². The van der Waals surface area contributed by atoms with Gasteiger partial charge in [0.25, 0.3) is 0 Å². The molecule has 5 atom stereocenters. The van der Waals surface area contributed by atoms with E-state index in [0.29, 0.717) is 23.4 Å². The van der Waals surface area contributed by atoms with Gasteiger partial charge < -0.3 is 25.8 Å². The van der Waals surface area contributed by atoms with Gasteiger partial charge in [0.2, 0.25) is 11.7 Å². The number of nitrogens with zero attached hydrogens (tertiary/aromatic N) is 2. The molecule has 3 aliphatic rings. The van der Waals surface area contributed by atoms with Crippen molar-refractivity contribution in [2.75, 3.05) is 34.4 Å². The molecule has 2 heterocycles. The summed E-state index contributed by atoms with van der Waals surface area (Å²) >= 11 is 0. The number of hydrogen-bond donors (Lipinski definition) is 3. The lowest BCUT2D eigenvalue weighted by atomic mass is 9.76. The Morgan fingerprint density at radius 3 is 2.48 bits per heavy atom. The van der Waals surface area contributed by atoms with E-state index in [2.05, 4.69) is 27.6 Å². The van der Waals surface area contributed by atoms with Gasteiger partial charge in [-0.05, 0) is 62.9 Å². The van der Waals surface area contributed by atoms with Crippen LogP contribution in [0.25, 0.3) is 0 Å². The molecule has 0 radical (unpaired) electrons. The third-order valence-electron chi connectivity index (χ3n) is 8.57. The lowest BCUT2D eigenvalue weighted by Crippen LogP contribution is -2.59. The quantitative estimate of drug-likeness (QED) is 0.325. The van der Waals surface area contributed by atoms with E-state index < -0.39 is 18.1 Å². The van der Waals surface area contributed by atoms with E-state index in [4.69, 9.17) is 15.2 Å². The van der Waals surface area contributed by atoms with Gasteiger partial charge in [-0.1, -0.05) is 13.0 Å². The molecule has 0 fully saturated rings. The lowest BCUT2D eigenvalue weighted by Gasteiger charge is -2.47. The number of allylic oxidation sites excluding steroid dienone is 2. The second-order valence-electron chi connectivity index (χ2n) is 10.8.